The zero-order chi connectivity index (χ0) is 7.56. The van der Waals surface area contributed by atoms with E-state index in [1.165, 1.54) is 25.9 Å². The summed E-state index contributed by atoms with van der Waals surface area (Å²) in [7, 11) is 0. The summed E-state index contributed by atoms with van der Waals surface area (Å²) in [6.45, 7) is 8.53. The van der Waals surface area contributed by atoms with Crippen molar-refractivity contribution in [3.8, 4) is 0 Å². The molecule has 0 saturated carbocycles. The monoisotopic (exact) mass is 203 g/mol. The molecule has 0 aromatic heterocycles. The Kier molecular flexibility index (Phi) is 2.93. The van der Waals surface area contributed by atoms with Crippen molar-refractivity contribution in [1.29, 1.82) is 0 Å². The molecule has 1 heterocycles. The van der Waals surface area contributed by atoms with Crippen LogP contribution in [0.5, 0.6) is 0 Å². The van der Waals surface area contributed by atoms with Crippen molar-refractivity contribution in [2.24, 2.45) is 0 Å². The van der Waals surface area contributed by atoms with Gasteiger partial charge in [-0.3, -0.25) is 4.90 Å². The number of rotatable bonds is 4. The highest BCUT2D eigenvalue weighted by Gasteiger charge is 2.33. The molecule has 1 aliphatic heterocycles. The Balaban J connectivity index is 2.08. The van der Waals surface area contributed by atoms with Crippen LogP contribution in [0, 0.1) is 0 Å². The molecule has 1 nitrogen and oxygen atoms in total. The van der Waals surface area contributed by atoms with Crippen LogP contribution in [-0.4, -0.2) is 24.0 Å². The van der Waals surface area contributed by atoms with Gasteiger partial charge >= 0.3 is 0 Å². The summed E-state index contributed by atoms with van der Waals surface area (Å²) in [5.74, 6) is 0. The van der Waals surface area contributed by atoms with Crippen molar-refractivity contribution >= 4 is 15.9 Å². The van der Waals surface area contributed by atoms with Gasteiger partial charge in [0.05, 0.1) is 6.04 Å². The minimum atomic E-state index is 0.645. The van der Waals surface area contributed by atoms with E-state index in [0.717, 1.165) is 4.48 Å². The van der Waals surface area contributed by atoms with Gasteiger partial charge in [-0.1, -0.05) is 35.9 Å². The maximum Gasteiger partial charge on any atom is 0.0535 e. The van der Waals surface area contributed by atoms with Gasteiger partial charge in [-0.2, -0.15) is 0 Å². The molecular formula is C8H14BrN. The molecule has 10 heavy (non-hydrogen) atoms. The van der Waals surface area contributed by atoms with Crippen LogP contribution in [0.1, 0.15) is 19.8 Å². The van der Waals surface area contributed by atoms with Gasteiger partial charge in [0, 0.05) is 11.0 Å². The first-order valence-electron chi connectivity index (χ1n) is 3.84. The zero-order valence-electron chi connectivity index (χ0n) is 6.44. The predicted molar refractivity (Wildman–Crippen MR) is 48.3 cm³/mol. The minimum absolute atomic E-state index is 0.645. The standard InChI is InChI=1S/C8H14BrN/c1-3-4-5-10-6-8(10)7(2)9/h8H,2-6H2,1H3/t8-,10?/m1/s1. The second kappa shape index (κ2) is 3.54. The molecule has 0 spiro atoms. The van der Waals surface area contributed by atoms with Gasteiger partial charge in [0.25, 0.3) is 0 Å². The van der Waals surface area contributed by atoms with Crippen LogP contribution in [0.15, 0.2) is 11.1 Å². The summed E-state index contributed by atoms with van der Waals surface area (Å²) >= 11 is 3.40. The average molecular weight is 204 g/mol. The van der Waals surface area contributed by atoms with E-state index in [1.807, 2.05) is 0 Å². The predicted octanol–water partition coefficient (Wildman–Crippen LogP) is 2.38. The maximum atomic E-state index is 3.85. The highest BCUT2D eigenvalue weighted by Crippen LogP contribution is 2.27. The molecule has 0 aromatic carbocycles. The largest absolute Gasteiger partial charge is 0.293 e. The van der Waals surface area contributed by atoms with Crippen LogP contribution in [0.25, 0.3) is 0 Å². The fourth-order valence-corrected chi connectivity index (χ4v) is 1.51. The Bertz CT molecular complexity index is 133. The third kappa shape index (κ3) is 2.10. The van der Waals surface area contributed by atoms with Gasteiger partial charge in [0.15, 0.2) is 0 Å². The van der Waals surface area contributed by atoms with E-state index in [4.69, 9.17) is 0 Å². The molecule has 0 amide bonds. The lowest BCUT2D eigenvalue weighted by Gasteiger charge is -1.99. The van der Waals surface area contributed by atoms with Gasteiger partial charge in [0.2, 0.25) is 0 Å². The third-order valence-corrected chi connectivity index (χ3v) is 2.40. The number of hydrogen-bond acceptors (Lipinski definition) is 1. The van der Waals surface area contributed by atoms with E-state index >= 15 is 0 Å². The van der Waals surface area contributed by atoms with E-state index in [0.29, 0.717) is 6.04 Å². The quantitative estimate of drug-likeness (QED) is 0.635. The van der Waals surface area contributed by atoms with Crippen molar-refractivity contribution in [3.05, 3.63) is 11.1 Å². The molecule has 2 heteroatoms. The number of hydrogen-bond donors (Lipinski definition) is 0. The number of nitrogens with zero attached hydrogens (tertiary/aromatic N) is 1. The van der Waals surface area contributed by atoms with Crippen LogP contribution < -0.4 is 0 Å². The van der Waals surface area contributed by atoms with Gasteiger partial charge in [0.1, 0.15) is 0 Å². The molecule has 1 rings (SSSR count). The maximum absolute atomic E-state index is 3.85. The van der Waals surface area contributed by atoms with Crippen LogP contribution in [0.3, 0.4) is 0 Å². The van der Waals surface area contributed by atoms with Gasteiger partial charge in [-0.05, 0) is 13.0 Å². The molecule has 2 atom stereocenters. The number of halogens is 1. The van der Waals surface area contributed by atoms with Crippen LogP contribution in [0.4, 0.5) is 0 Å². The zero-order valence-corrected chi connectivity index (χ0v) is 8.02. The summed E-state index contributed by atoms with van der Waals surface area (Å²) in [6, 6.07) is 0.645. The first-order chi connectivity index (χ1) is 4.75. The van der Waals surface area contributed by atoms with E-state index in [2.05, 4.69) is 34.3 Å². The molecule has 1 fully saturated rings. The van der Waals surface area contributed by atoms with Crippen molar-refractivity contribution in [2.75, 3.05) is 13.1 Å². The van der Waals surface area contributed by atoms with E-state index in [1.54, 1.807) is 0 Å². The van der Waals surface area contributed by atoms with Crippen LogP contribution in [0.2, 0.25) is 0 Å². The van der Waals surface area contributed by atoms with Gasteiger partial charge < -0.3 is 0 Å². The summed E-state index contributed by atoms with van der Waals surface area (Å²) in [5.41, 5.74) is 0. The van der Waals surface area contributed by atoms with E-state index in [-0.39, 0.29) is 0 Å². The Labute approximate surface area is 71.2 Å². The van der Waals surface area contributed by atoms with Gasteiger partial charge in [-0.25, -0.2) is 0 Å². The van der Waals surface area contributed by atoms with Crippen molar-refractivity contribution in [2.45, 2.75) is 25.8 Å². The Morgan fingerprint density at radius 3 is 2.90 bits per heavy atom. The van der Waals surface area contributed by atoms with Crippen LogP contribution >= 0.6 is 15.9 Å². The molecule has 1 unspecified atom stereocenters. The first-order valence-corrected chi connectivity index (χ1v) is 4.63. The molecule has 0 bridgehead atoms. The van der Waals surface area contributed by atoms with Crippen molar-refractivity contribution < 1.29 is 0 Å². The van der Waals surface area contributed by atoms with E-state index in [9.17, 15) is 0 Å². The minimum Gasteiger partial charge on any atom is -0.293 e. The lowest BCUT2D eigenvalue weighted by atomic mass is 10.3. The summed E-state index contributed by atoms with van der Waals surface area (Å²) in [5, 5.41) is 0. The molecule has 0 aromatic rings. The summed E-state index contributed by atoms with van der Waals surface area (Å²) in [4.78, 5) is 2.43. The molecule has 1 saturated heterocycles. The summed E-state index contributed by atoms with van der Waals surface area (Å²) < 4.78 is 1.14. The second-order valence-electron chi connectivity index (χ2n) is 2.81. The smallest absolute Gasteiger partial charge is 0.0535 e. The fraction of sp³-hybridized carbons (Fsp3) is 0.750. The molecule has 1 aliphatic rings. The molecule has 0 N–H and O–H groups in total. The Morgan fingerprint density at radius 2 is 2.50 bits per heavy atom. The SMILES string of the molecule is C=C(Br)[C@H]1CN1CCCC. The topological polar surface area (TPSA) is 3.01 Å². The van der Waals surface area contributed by atoms with Crippen LogP contribution in [-0.2, 0) is 0 Å². The Hall–Kier alpha value is 0.180. The molecule has 0 radical (unpaired) electrons. The second-order valence-corrected chi connectivity index (χ2v) is 3.83. The third-order valence-electron chi connectivity index (χ3n) is 1.88. The van der Waals surface area contributed by atoms with Crippen molar-refractivity contribution in [1.82, 2.24) is 4.90 Å². The normalized spacial score (nSPS) is 30.2. The first kappa shape index (κ1) is 8.28. The average Bonchev–Trinajstić information content (AvgIpc) is 2.62. The van der Waals surface area contributed by atoms with Gasteiger partial charge in [-0.15, -0.1) is 0 Å². The Morgan fingerprint density at radius 1 is 1.80 bits per heavy atom. The molecule has 0 aliphatic carbocycles. The molecule has 58 valence electrons. The summed E-state index contributed by atoms with van der Waals surface area (Å²) in [6.07, 6.45) is 2.61. The highest BCUT2D eigenvalue weighted by molar-refractivity contribution is 9.11. The number of unbranched alkanes of at least 4 members (excludes halogenated alkanes) is 1. The van der Waals surface area contributed by atoms with E-state index < -0.39 is 0 Å². The highest BCUT2D eigenvalue weighted by atomic mass is 79.9. The molecular weight excluding hydrogens is 190 g/mol. The lowest BCUT2D eigenvalue weighted by Crippen LogP contribution is -2.02. The van der Waals surface area contributed by atoms with Crippen molar-refractivity contribution in [3.63, 3.8) is 0 Å². The fourth-order valence-electron chi connectivity index (χ4n) is 1.08. The lowest BCUT2D eigenvalue weighted by molar-refractivity contribution is 0.507.